The van der Waals surface area contributed by atoms with E-state index in [-0.39, 0.29) is 5.75 Å². The average Bonchev–Trinajstić information content (AvgIpc) is 2.31. The summed E-state index contributed by atoms with van der Waals surface area (Å²) in [5, 5.41) is 21.5. The molecule has 2 aromatic carbocycles. The summed E-state index contributed by atoms with van der Waals surface area (Å²) in [6.07, 6.45) is 0. The molecule has 2 rings (SSSR count). The maximum absolute atomic E-state index is 11.7. The van der Waals surface area contributed by atoms with Gasteiger partial charge >= 0.3 is 0 Å². The number of benzene rings is 2. The summed E-state index contributed by atoms with van der Waals surface area (Å²) >= 11 is 0. The average molecular weight is 241 g/mol. The molecule has 2 heteroatoms. The van der Waals surface area contributed by atoms with E-state index in [9.17, 15) is 10.2 Å². The smallest absolute Gasteiger partial charge is 0.184 e. The second-order valence-corrected chi connectivity index (χ2v) is 4.90. The Labute approximate surface area is 108 Å². The van der Waals surface area contributed by atoms with E-state index in [1.54, 1.807) is 0 Å². The van der Waals surface area contributed by atoms with Crippen molar-refractivity contribution < 1.29 is 10.2 Å². The minimum Gasteiger partial charge on any atom is -0.507 e. The molecule has 0 aromatic heterocycles. The zero-order valence-electron chi connectivity index (χ0n) is 11.2. The Morgan fingerprint density at radius 3 is 1.44 bits per heavy atom. The number of rotatable bonds is 1. The van der Waals surface area contributed by atoms with Crippen LogP contribution in [0.4, 0.5) is 0 Å². The van der Waals surface area contributed by atoms with Gasteiger partial charge in [-0.3, -0.25) is 5.11 Å². The third-order valence-corrected chi connectivity index (χ3v) is 3.28. The molecule has 1 radical (unpaired) electrons. The van der Waals surface area contributed by atoms with E-state index in [4.69, 9.17) is 0 Å². The Morgan fingerprint density at radius 2 is 1.06 bits per heavy atom. The zero-order valence-corrected chi connectivity index (χ0v) is 11.2. The van der Waals surface area contributed by atoms with Crippen molar-refractivity contribution in [2.75, 3.05) is 0 Å². The minimum absolute atomic E-state index is 0.103. The second kappa shape index (κ2) is 4.37. The van der Waals surface area contributed by atoms with Gasteiger partial charge in [0, 0.05) is 0 Å². The highest BCUT2D eigenvalue weighted by Crippen LogP contribution is 2.33. The maximum atomic E-state index is 11.7. The van der Waals surface area contributed by atoms with Gasteiger partial charge in [0.25, 0.3) is 0 Å². The molecule has 0 bridgehead atoms. The highest BCUT2D eigenvalue weighted by Gasteiger charge is 2.09. The quantitative estimate of drug-likeness (QED) is 0.787. The summed E-state index contributed by atoms with van der Waals surface area (Å²) in [5.74, 6) is 0.443. The van der Waals surface area contributed by atoms with Gasteiger partial charge in [-0.25, -0.2) is 0 Å². The number of aryl methyl sites for hydroxylation is 4. The number of hydrogen-bond acceptors (Lipinski definition) is 1. The van der Waals surface area contributed by atoms with Gasteiger partial charge in [0.1, 0.15) is 5.75 Å². The summed E-state index contributed by atoms with van der Waals surface area (Å²) in [5.41, 5.74) is 5.28. The standard InChI is InChI=1S/C16H17O2/c1-9-5-13(6-10(2)15(9)17)14-7-11(3)16(18)12(4)8-14/h5-8,17H,1-4H3. The maximum Gasteiger partial charge on any atom is 0.184 e. The van der Waals surface area contributed by atoms with E-state index in [0.29, 0.717) is 5.75 Å². The Kier molecular flexibility index (Phi) is 3.04. The molecule has 0 atom stereocenters. The molecular weight excluding hydrogens is 224 g/mol. The predicted octanol–water partition coefficient (Wildman–Crippen LogP) is 4.44. The van der Waals surface area contributed by atoms with Crippen LogP contribution in [0.2, 0.25) is 0 Å². The molecule has 0 spiro atoms. The summed E-state index contributed by atoms with van der Waals surface area (Å²) in [6, 6.07) is 7.70. The van der Waals surface area contributed by atoms with Gasteiger partial charge in [-0.2, -0.15) is 0 Å². The number of aromatic hydroxyl groups is 1. The van der Waals surface area contributed by atoms with Gasteiger partial charge in [0.05, 0.1) is 0 Å². The van der Waals surface area contributed by atoms with Crippen molar-refractivity contribution in [1.82, 2.24) is 0 Å². The fourth-order valence-electron chi connectivity index (χ4n) is 2.24. The van der Waals surface area contributed by atoms with E-state index in [2.05, 4.69) is 0 Å². The fraction of sp³-hybridized carbons (Fsp3) is 0.250. The first-order chi connectivity index (χ1) is 8.40. The summed E-state index contributed by atoms with van der Waals surface area (Å²) < 4.78 is 0. The van der Waals surface area contributed by atoms with Crippen LogP contribution < -0.4 is 0 Å². The first-order valence-corrected chi connectivity index (χ1v) is 5.99. The van der Waals surface area contributed by atoms with Crippen molar-refractivity contribution >= 4 is 0 Å². The SMILES string of the molecule is Cc1cc(-c2cc(C)c(O)c(C)c2)cc(C)c1[O]. The topological polar surface area (TPSA) is 40.1 Å². The third kappa shape index (κ3) is 2.06. The van der Waals surface area contributed by atoms with Crippen molar-refractivity contribution in [1.29, 1.82) is 0 Å². The van der Waals surface area contributed by atoms with Crippen LogP contribution in [0.15, 0.2) is 24.3 Å². The van der Waals surface area contributed by atoms with Crippen LogP contribution in [-0.4, -0.2) is 5.11 Å². The number of hydrogen-bond donors (Lipinski definition) is 1. The lowest BCUT2D eigenvalue weighted by Gasteiger charge is -2.10. The lowest BCUT2D eigenvalue weighted by molar-refractivity contribution is 0.348. The predicted molar refractivity (Wildman–Crippen MR) is 72.6 cm³/mol. The first-order valence-electron chi connectivity index (χ1n) is 5.99. The van der Waals surface area contributed by atoms with Crippen LogP contribution in [0.3, 0.4) is 0 Å². The Bertz CT molecular complexity index is 511. The van der Waals surface area contributed by atoms with E-state index in [0.717, 1.165) is 33.4 Å². The molecule has 93 valence electrons. The highest BCUT2D eigenvalue weighted by atomic mass is 16.3. The second-order valence-electron chi connectivity index (χ2n) is 4.90. The largest absolute Gasteiger partial charge is 0.507 e. The Hall–Kier alpha value is -1.96. The van der Waals surface area contributed by atoms with E-state index >= 15 is 0 Å². The molecule has 0 saturated heterocycles. The first kappa shape index (κ1) is 12.5. The molecule has 0 heterocycles. The van der Waals surface area contributed by atoms with Crippen molar-refractivity contribution in [3.63, 3.8) is 0 Å². The van der Waals surface area contributed by atoms with Crippen LogP contribution >= 0.6 is 0 Å². The van der Waals surface area contributed by atoms with Gasteiger partial charge in [-0.05, 0) is 85.3 Å². The van der Waals surface area contributed by atoms with Gasteiger partial charge < -0.3 is 5.11 Å². The van der Waals surface area contributed by atoms with Gasteiger partial charge in [0.2, 0.25) is 0 Å². The molecule has 0 saturated carbocycles. The summed E-state index contributed by atoms with van der Waals surface area (Å²) in [4.78, 5) is 0. The molecule has 0 aliphatic heterocycles. The molecule has 0 aliphatic rings. The van der Waals surface area contributed by atoms with Gasteiger partial charge in [0.15, 0.2) is 5.75 Å². The van der Waals surface area contributed by atoms with Gasteiger partial charge in [-0.1, -0.05) is 0 Å². The molecular formula is C16H17O2. The molecule has 2 nitrogen and oxygen atoms in total. The van der Waals surface area contributed by atoms with Crippen LogP contribution in [0.1, 0.15) is 22.3 Å². The Morgan fingerprint density at radius 1 is 0.722 bits per heavy atom. The monoisotopic (exact) mass is 241 g/mol. The fourth-order valence-corrected chi connectivity index (χ4v) is 2.24. The van der Waals surface area contributed by atoms with Crippen molar-refractivity contribution in [3.05, 3.63) is 46.5 Å². The van der Waals surface area contributed by atoms with E-state index in [1.165, 1.54) is 0 Å². The van der Waals surface area contributed by atoms with Crippen molar-refractivity contribution in [2.45, 2.75) is 27.7 Å². The lowest BCUT2D eigenvalue weighted by Crippen LogP contribution is -1.87. The van der Waals surface area contributed by atoms with E-state index < -0.39 is 0 Å². The normalized spacial score (nSPS) is 10.7. The summed E-state index contributed by atoms with van der Waals surface area (Å²) in [6.45, 7) is 7.43. The minimum atomic E-state index is 0.103. The zero-order chi connectivity index (χ0) is 13.4. The lowest BCUT2D eigenvalue weighted by atomic mass is 9.96. The molecule has 18 heavy (non-hydrogen) atoms. The van der Waals surface area contributed by atoms with Gasteiger partial charge in [-0.15, -0.1) is 0 Å². The number of phenolic OH excluding ortho intramolecular Hbond substituents is 1. The molecule has 0 unspecified atom stereocenters. The van der Waals surface area contributed by atoms with Crippen LogP contribution in [-0.2, 0) is 5.11 Å². The molecule has 2 aromatic rings. The molecule has 0 aliphatic carbocycles. The third-order valence-electron chi connectivity index (χ3n) is 3.28. The van der Waals surface area contributed by atoms with E-state index in [1.807, 2.05) is 52.0 Å². The van der Waals surface area contributed by atoms with Crippen molar-refractivity contribution in [2.24, 2.45) is 0 Å². The van der Waals surface area contributed by atoms with Crippen LogP contribution in [0.5, 0.6) is 11.5 Å². The van der Waals surface area contributed by atoms with Crippen molar-refractivity contribution in [3.8, 4) is 22.6 Å². The molecule has 1 N–H and O–H groups in total. The molecule has 0 fully saturated rings. The molecule has 0 amide bonds. The highest BCUT2D eigenvalue weighted by molar-refractivity contribution is 5.70. The summed E-state index contributed by atoms with van der Waals surface area (Å²) in [7, 11) is 0. The number of phenols is 1. The van der Waals surface area contributed by atoms with Crippen LogP contribution in [0, 0.1) is 27.7 Å². The van der Waals surface area contributed by atoms with Crippen LogP contribution in [0.25, 0.3) is 11.1 Å². The Balaban J connectivity index is 2.63.